The first-order chi connectivity index (χ1) is 6.50. The third-order valence-electron chi connectivity index (χ3n) is 0.408. The Balaban J connectivity index is -0.0000000668. The highest BCUT2D eigenvalue weighted by Gasteiger charge is 1.88. The van der Waals surface area contributed by atoms with Crippen molar-refractivity contribution in [2.75, 3.05) is 41.9 Å². The van der Waals surface area contributed by atoms with Crippen molar-refractivity contribution in [2.24, 2.45) is 0 Å². The summed E-state index contributed by atoms with van der Waals surface area (Å²) in [7, 11) is 10.1. The Hall–Kier alpha value is -0.690. The van der Waals surface area contributed by atoms with E-state index in [4.69, 9.17) is 15.0 Å². The number of quaternary nitrogens is 1. The minimum Gasteiger partial charge on any atom is -0.870 e. The van der Waals surface area contributed by atoms with E-state index in [1.165, 1.54) is 0 Å². The molecule has 16 heavy (non-hydrogen) atoms. The molecule has 0 spiro atoms. The van der Waals surface area contributed by atoms with Crippen molar-refractivity contribution in [3.8, 4) is 0 Å². The van der Waals surface area contributed by atoms with Crippen LogP contribution in [0, 0.1) is 0 Å². The van der Waals surface area contributed by atoms with Crippen LogP contribution in [0.4, 0.5) is 0 Å². The van der Waals surface area contributed by atoms with E-state index in [0.717, 1.165) is 11.4 Å². The molecule has 6 nitrogen and oxygen atoms in total. The van der Waals surface area contributed by atoms with Crippen molar-refractivity contribution in [2.45, 2.75) is 20.0 Å². The summed E-state index contributed by atoms with van der Waals surface area (Å²) in [6.45, 7) is 3.20. The smallest absolute Gasteiger partial charge is 0.300 e. The predicted molar refractivity (Wildman–Crippen MR) is 62.8 cm³/mol. The molecule has 0 aliphatic carbocycles. The molecule has 1 unspecified atom stereocenters. The number of carboxylic acids is 1. The zero-order valence-electron chi connectivity index (χ0n) is 11.4. The molecule has 0 fully saturated rings. The van der Waals surface area contributed by atoms with Gasteiger partial charge in [0.05, 0.1) is 40.9 Å². The zero-order chi connectivity index (χ0) is 13.1. The number of nitrogens with zero attached hydrogens (tertiary/aromatic N) is 1. The largest absolute Gasteiger partial charge is 0.870 e. The molecule has 0 aromatic rings. The lowest BCUT2D eigenvalue weighted by Gasteiger charge is -2.14. The second-order valence-corrected chi connectivity index (χ2v) is 4.51. The van der Waals surface area contributed by atoms with E-state index >= 15 is 0 Å². The number of carbonyl (C=O) groups is 1. The van der Waals surface area contributed by atoms with Crippen LogP contribution < -0.4 is 0 Å². The van der Waals surface area contributed by atoms with Crippen LogP contribution in [0.1, 0.15) is 13.8 Å². The molecular formula is C10H27NO5. The fourth-order valence-corrected chi connectivity index (χ4v) is 0.241. The van der Waals surface area contributed by atoms with Crippen molar-refractivity contribution >= 4 is 5.97 Å². The van der Waals surface area contributed by atoms with Gasteiger partial charge < -0.3 is 24.9 Å². The summed E-state index contributed by atoms with van der Waals surface area (Å²) < 4.78 is 5.55. The summed E-state index contributed by atoms with van der Waals surface area (Å²) in [5.74, 6) is -0.833. The van der Waals surface area contributed by atoms with Gasteiger partial charge in [-0.1, -0.05) is 0 Å². The average molecular weight is 241 g/mol. The van der Waals surface area contributed by atoms with E-state index < -0.39 is 5.97 Å². The maximum Gasteiger partial charge on any atom is 0.300 e. The summed E-state index contributed by atoms with van der Waals surface area (Å²) in [4.78, 5) is 9.00. The van der Waals surface area contributed by atoms with Gasteiger partial charge in [0.1, 0.15) is 0 Å². The van der Waals surface area contributed by atoms with E-state index in [1.54, 1.807) is 14.0 Å². The van der Waals surface area contributed by atoms with Gasteiger partial charge in [0.2, 0.25) is 0 Å². The summed E-state index contributed by atoms with van der Waals surface area (Å²) in [5.41, 5.74) is 0. The number of rotatable bonds is 2. The van der Waals surface area contributed by atoms with Gasteiger partial charge in [-0.05, 0) is 6.92 Å². The Labute approximate surface area is 98.3 Å². The lowest BCUT2D eigenvalue weighted by molar-refractivity contribution is -0.849. The molecule has 0 aliphatic rings. The van der Waals surface area contributed by atoms with Crippen molar-refractivity contribution in [3.05, 3.63) is 0 Å². The third-order valence-corrected chi connectivity index (χ3v) is 0.408. The predicted octanol–water partition coefficient (Wildman–Crippen LogP) is 0.250. The Morgan fingerprint density at radius 1 is 1.31 bits per heavy atom. The molecule has 0 amide bonds. The molecule has 0 radical (unpaired) electrons. The summed E-state index contributed by atoms with van der Waals surface area (Å²) in [6.07, 6.45) is -0.324. The molecule has 0 aliphatic heterocycles. The van der Waals surface area contributed by atoms with Crippen LogP contribution in [0.15, 0.2) is 0 Å². The highest BCUT2D eigenvalue weighted by molar-refractivity contribution is 5.62. The first kappa shape index (κ1) is 24.5. The summed E-state index contributed by atoms with van der Waals surface area (Å²) in [6, 6.07) is 0. The molecule has 0 aromatic heterocycles. The maximum atomic E-state index is 9.00. The summed E-state index contributed by atoms with van der Waals surface area (Å²) >= 11 is 0. The Morgan fingerprint density at radius 3 is 1.50 bits per heavy atom. The van der Waals surface area contributed by atoms with E-state index in [1.807, 2.05) is 0 Å². The van der Waals surface area contributed by atoms with Crippen molar-refractivity contribution < 1.29 is 29.7 Å². The van der Waals surface area contributed by atoms with Gasteiger partial charge in [0.25, 0.3) is 5.97 Å². The normalized spacial score (nSPS) is 10.8. The number of ether oxygens (including phenoxy) is 1. The Bertz CT molecular complexity index is 133. The van der Waals surface area contributed by atoms with Gasteiger partial charge in [-0.15, -0.1) is 0 Å². The highest BCUT2D eigenvalue weighted by atomic mass is 16.5. The Kier molecular flexibility index (Phi) is 21.9. The van der Waals surface area contributed by atoms with Crippen LogP contribution in [0.3, 0.4) is 0 Å². The molecule has 0 bridgehead atoms. The van der Waals surface area contributed by atoms with Crippen molar-refractivity contribution in [1.29, 1.82) is 0 Å². The molecule has 6 heteroatoms. The first-order valence-electron chi connectivity index (χ1n) is 4.66. The molecule has 0 rings (SSSR count). The minimum atomic E-state index is -0.833. The number of hydrogen-bond acceptors (Lipinski definition) is 4. The van der Waals surface area contributed by atoms with Crippen LogP contribution in [-0.2, 0) is 9.53 Å². The highest BCUT2D eigenvalue weighted by Crippen LogP contribution is 1.75. The van der Waals surface area contributed by atoms with Crippen LogP contribution in [0.5, 0.6) is 0 Å². The lowest BCUT2D eigenvalue weighted by atomic mass is 10.5. The van der Waals surface area contributed by atoms with Gasteiger partial charge in [0.15, 0.2) is 0 Å². The second kappa shape index (κ2) is 14.3. The van der Waals surface area contributed by atoms with E-state index in [9.17, 15) is 0 Å². The number of aliphatic hydroxyl groups is 1. The van der Waals surface area contributed by atoms with Gasteiger partial charge in [0, 0.05) is 14.0 Å². The zero-order valence-corrected chi connectivity index (χ0v) is 11.4. The molecule has 0 aromatic carbocycles. The number of carboxylic acid groups (broad SMARTS) is 1. The third kappa shape index (κ3) is 378. The first-order valence-corrected chi connectivity index (χ1v) is 4.66. The second-order valence-electron chi connectivity index (χ2n) is 4.51. The van der Waals surface area contributed by atoms with Gasteiger partial charge in [-0.25, -0.2) is 0 Å². The van der Waals surface area contributed by atoms with Crippen LogP contribution in [-0.4, -0.2) is 74.2 Å². The van der Waals surface area contributed by atoms with Crippen LogP contribution in [0.2, 0.25) is 0 Å². The molecule has 0 heterocycles. The fraction of sp³-hybridized carbons (Fsp3) is 0.900. The molecule has 0 saturated heterocycles. The van der Waals surface area contributed by atoms with Crippen molar-refractivity contribution in [3.63, 3.8) is 0 Å². The molecule has 0 saturated carbocycles. The monoisotopic (exact) mass is 241 g/mol. The number of aliphatic carboxylic acids is 1. The molecular weight excluding hydrogens is 214 g/mol. The van der Waals surface area contributed by atoms with Gasteiger partial charge >= 0.3 is 0 Å². The number of aliphatic hydroxyl groups excluding tert-OH is 1. The van der Waals surface area contributed by atoms with Crippen molar-refractivity contribution in [1.82, 2.24) is 0 Å². The standard InChI is InChI=1S/C4H12N.C4H10O2.C2H4O2.H2O/c1-5(2,3)4;1-4(5)3-6-2;1-2(3)4;/h1-4H3;4-5H,3H2,1-2H3;1H3,(H,3,4);1H2/q+1;;;/p-1. The molecule has 102 valence electrons. The van der Waals surface area contributed by atoms with Crippen LogP contribution in [0.25, 0.3) is 0 Å². The average Bonchev–Trinajstić information content (AvgIpc) is 1.79. The lowest BCUT2D eigenvalue weighted by Crippen LogP contribution is -2.27. The van der Waals surface area contributed by atoms with E-state index in [0.29, 0.717) is 6.61 Å². The fourth-order valence-electron chi connectivity index (χ4n) is 0.241. The van der Waals surface area contributed by atoms with E-state index in [2.05, 4.69) is 32.9 Å². The minimum absolute atomic E-state index is 0. The molecule has 3 N–H and O–H groups in total. The number of methoxy groups -OCH3 is 1. The SMILES string of the molecule is CC(=O)O.COCC(C)O.C[N+](C)(C)C.[OH-]. The maximum absolute atomic E-state index is 9.00. The summed E-state index contributed by atoms with van der Waals surface area (Å²) in [5, 5.41) is 15.8. The van der Waals surface area contributed by atoms with Gasteiger partial charge in [-0.2, -0.15) is 0 Å². The number of hydrogen-bond donors (Lipinski definition) is 2. The van der Waals surface area contributed by atoms with Crippen LogP contribution >= 0.6 is 0 Å². The van der Waals surface area contributed by atoms with E-state index in [-0.39, 0.29) is 11.6 Å². The molecule has 1 atom stereocenters. The quantitative estimate of drug-likeness (QED) is 0.675. The topological polar surface area (TPSA) is 96.8 Å². The van der Waals surface area contributed by atoms with Gasteiger partial charge in [-0.3, -0.25) is 4.79 Å². The Morgan fingerprint density at radius 2 is 1.50 bits per heavy atom.